The van der Waals surface area contributed by atoms with E-state index in [4.69, 9.17) is 11.6 Å². The van der Waals surface area contributed by atoms with Crippen LogP contribution in [0, 0.1) is 6.92 Å². The molecule has 3 amide bonds. The Morgan fingerprint density at radius 1 is 0.969 bits per heavy atom. The average molecular weight is 442 g/mol. The van der Waals surface area contributed by atoms with Gasteiger partial charge in [0.2, 0.25) is 0 Å². The van der Waals surface area contributed by atoms with Gasteiger partial charge in [-0.15, -0.1) is 0 Å². The monoisotopic (exact) mass is 441 g/mol. The van der Waals surface area contributed by atoms with Crippen molar-refractivity contribution in [3.05, 3.63) is 106 Å². The van der Waals surface area contributed by atoms with Gasteiger partial charge in [-0.2, -0.15) is 0 Å². The number of aromatic nitrogens is 1. The summed E-state index contributed by atoms with van der Waals surface area (Å²) < 4.78 is 2.16. The molecule has 32 heavy (non-hydrogen) atoms. The molecule has 0 spiro atoms. The van der Waals surface area contributed by atoms with Gasteiger partial charge in [0.05, 0.1) is 5.69 Å². The Hall–Kier alpha value is -3.83. The number of carbonyl (C=O) groups excluding carboxylic acids is 2. The molecule has 1 fully saturated rings. The largest absolute Gasteiger partial charge is 0.342 e. The van der Waals surface area contributed by atoms with Crippen molar-refractivity contribution in [1.29, 1.82) is 0 Å². The minimum Gasteiger partial charge on any atom is -0.342 e. The zero-order chi connectivity index (χ0) is 22.2. The molecular formula is C26H20ClN3O2. The van der Waals surface area contributed by atoms with Crippen molar-refractivity contribution in [3.63, 3.8) is 0 Å². The van der Waals surface area contributed by atoms with Crippen LogP contribution in [0.3, 0.4) is 0 Å². The number of benzene rings is 3. The minimum atomic E-state index is -0.494. The van der Waals surface area contributed by atoms with E-state index >= 15 is 0 Å². The molecule has 0 radical (unpaired) electrons. The Balaban J connectivity index is 1.53. The van der Waals surface area contributed by atoms with E-state index in [2.05, 4.69) is 47.1 Å². The number of urea groups is 1. The maximum Gasteiger partial charge on any atom is 0.333 e. The van der Waals surface area contributed by atoms with Crippen molar-refractivity contribution in [2.24, 2.45) is 0 Å². The number of anilines is 1. The second-order valence-corrected chi connectivity index (χ2v) is 8.26. The SMILES string of the molecule is Cc1cccc(Cn2cc(C=C3NC(=O)N(c4cccc(Cl)c4)C3=O)c3ccccc32)c1. The van der Waals surface area contributed by atoms with Crippen molar-refractivity contribution in [2.75, 3.05) is 4.90 Å². The molecule has 0 saturated carbocycles. The number of aryl methyl sites for hydroxylation is 1. The number of hydrogen-bond acceptors (Lipinski definition) is 2. The molecule has 0 aliphatic carbocycles. The summed E-state index contributed by atoms with van der Waals surface area (Å²) in [4.78, 5) is 26.7. The number of rotatable bonds is 4. The van der Waals surface area contributed by atoms with Crippen LogP contribution in [0.15, 0.2) is 84.7 Å². The summed E-state index contributed by atoms with van der Waals surface area (Å²) >= 11 is 6.04. The molecule has 1 aromatic heterocycles. The zero-order valence-corrected chi connectivity index (χ0v) is 18.1. The Morgan fingerprint density at radius 3 is 2.59 bits per heavy atom. The summed E-state index contributed by atoms with van der Waals surface area (Å²) in [5.41, 5.74) is 5.00. The van der Waals surface area contributed by atoms with Gasteiger partial charge in [0.1, 0.15) is 5.70 Å². The molecular weight excluding hydrogens is 422 g/mol. The molecule has 6 heteroatoms. The summed E-state index contributed by atoms with van der Waals surface area (Å²) in [6, 6.07) is 22.6. The van der Waals surface area contributed by atoms with Crippen LogP contribution >= 0.6 is 11.6 Å². The number of nitrogens with one attached hydrogen (secondary N) is 1. The lowest BCUT2D eigenvalue weighted by atomic mass is 10.1. The van der Waals surface area contributed by atoms with Crippen LogP contribution in [0.25, 0.3) is 17.0 Å². The maximum atomic E-state index is 13.0. The third-order valence-corrected chi connectivity index (χ3v) is 5.73. The van der Waals surface area contributed by atoms with Crippen LogP contribution in [0.2, 0.25) is 5.02 Å². The molecule has 1 saturated heterocycles. The van der Waals surface area contributed by atoms with E-state index in [1.165, 1.54) is 11.1 Å². The van der Waals surface area contributed by atoms with E-state index in [1.54, 1.807) is 30.3 Å². The Morgan fingerprint density at radius 2 is 1.78 bits per heavy atom. The Bertz CT molecular complexity index is 1400. The molecule has 2 heterocycles. The third kappa shape index (κ3) is 3.67. The number of imide groups is 1. The number of halogens is 1. The highest BCUT2D eigenvalue weighted by Crippen LogP contribution is 2.28. The predicted octanol–water partition coefficient (Wildman–Crippen LogP) is 5.75. The number of carbonyl (C=O) groups is 2. The van der Waals surface area contributed by atoms with E-state index in [-0.39, 0.29) is 5.70 Å². The average Bonchev–Trinajstić information content (AvgIpc) is 3.25. The first-order chi connectivity index (χ1) is 15.5. The van der Waals surface area contributed by atoms with Crippen LogP contribution in [0.1, 0.15) is 16.7 Å². The molecule has 158 valence electrons. The number of nitrogens with zero attached hydrogens (tertiary/aromatic N) is 2. The van der Waals surface area contributed by atoms with E-state index in [9.17, 15) is 9.59 Å². The molecule has 1 N–H and O–H groups in total. The Kier molecular flexibility index (Phi) is 5.04. The summed E-state index contributed by atoms with van der Waals surface area (Å²) in [7, 11) is 0. The molecule has 1 aliphatic rings. The topological polar surface area (TPSA) is 54.3 Å². The van der Waals surface area contributed by atoms with Gasteiger partial charge in [0.25, 0.3) is 5.91 Å². The van der Waals surface area contributed by atoms with Crippen LogP contribution < -0.4 is 10.2 Å². The smallest absolute Gasteiger partial charge is 0.333 e. The number of fused-ring (bicyclic) bond motifs is 1. The van der Waals surface area contributed by atoms with Crippen molar-refractivity contribution in [1.82, 2.24) is 9.88 Å². The minimum absolute atomic E-state index is 0.230. The fourth-order valence-electron chi connectivity index (χ4n) is 4.07. The van der Waals surface area contributed by atoms with Gasteiger partial charge in [0, 0.05) is 34.2 Å². The highest BCUT2D eigenvalue weighted by atomic mass is 35.5. The van der Waals surface area contributed by atoms with Gasteiger partial charge in [-0.05, 0) is 42.8 Å². The third-order valence-electron chi connectivity index (χ3n) is 5.50. The van der Waals surface area contributed by atoms with Crippen molar-refractivity contribution in [2.45, 2.75) is 13.5 Å². The first kappa shape index (κ1) is 20.1. The molecule has 5 nitrogen and oxygen atoms in total. The van der Waals surface area contributed by atoms with Gasteiger partial charge in [-0.3, -0.25) is 4.79 Å². The molecule has 0 bridgehead atoms. The number of hydrogen-bond donors (Lipinski definition) is 1. The van der Waals surface area contributed by atoms with Crippen LogP contribution in [-0.2, 0) is 11.3 Å². The molecule has 3 aromatic carbocycles. The second-order valence-electron chi connectivity index (χ2n) is 7.83. The van der Waals surface area contributed by atoms with E-state index in [0.717, 1.165) is 21.4 Å². The van der Waals surface area contributed by atoms with Crippen molar-refractivity contribution >= 4 is 46.2 Å². The van der Waals surface area contributed by atoms with Gasteiger partial charge in [0.15, 0.2) is 0 Å². The predicted molar refractivity (Wildman–Crippen MR) is 128 cm³/mol. The lowest BCUT2D eigenvalue weighted by Gasteiger charge is -2.11. The summed E-state index contributed by atoms with van der Waals surface area (Å²) in [5.74, 6) is -0.409. The van der Waals surface area contributed by atoms with Crippen LogP contribution in [-0.4, -0.2) is 16.5 Å². The second kappa shape index (κ2) is 8.02. The number of amides is 3. The lowest BCUT2D eigenvalue weighted by Crippen LogP contribution is -2.30. The molecule has 4 aromatic rings. The van der Waals surface area contributed by atoms with Gasteiger partial charge in [-0.1, -0.05) is 65.7 Å². The van der Waals surface area contributed by atoms with Crippen molar-refractivity contribution in [3.8, 4) is 0 Å². The molecule has 5 rings (SSSR count). The zero-order valence-electron chi connectivity index (χ0n) is 17.4. The maximum absolute atomic E-state index is 13.0. The fourth-order valence-corrected chi connectivity index (χ4v) is 4.25. The molecule has 0 atom stereocenters. The quantitative estimate of drug-likeness (QED) is 0.324. The Labute approximate surface area is 190 Å². The van der Waals surface area contributed by atoms with Crippen LogP contribution in [0.5, 0.6) is 0 Å². The summed E-state index contributed by atoms with van der Waals surface area (Å²) in [5, 5.41) is 4.17. The molecule has 1 aliphatic heterocycles. The normalized spacial score (nSPS) is 15.1. The molecule has 0 unspecified atom stereocenters. The highest BCUT2D eigenvalue weighted by molar-refractivity contribution is 6.32. The van der Waals surface area contributed by atoms with Crippen LogP contribution in [0.4, 0.5) is 10.5 Å². The van der Waals surface area contributed by atoms with Gasteiger partial charge in [-0.25, -0.2) is 9.69 Å². The highest BCUT2D eigenvalue weighted by Gasteiger charge is 2.35. The summed E-state index contributed by atoms with van der Waals surface area (Å²) in [6.07, 6.45) is 3.75. The first-order valence-electron chi connectivity index (χ1n) is 10.3. The number of para-hydroxylation sites is 1. The van der Waals surface area contributed by atoms with Gasteiger partial charge < -0.3 is 9.88 Å². The first-order valence-corrected chi connectivity index (χ1v) is 10.6. The standard InChI is InChI=1S/C26H20ClN3O2/c1-17-6-4-7-18(12-17)15-29-16-19(22-10-2-3-11-24(22)29)13-23-25(31)30(26(32)28-23)21-9-5-8-20(27)14-21/h2-14,16H,15H2,1H3,(H,28,32). The van der Waals surface area contributed by atoms with Crippen molar-refractivity contribution < 1.29 is 9.59 Å². The summed E-state index contributed by atoms with van der Waals surface area (Å²) in [6.45, 7) is 2.79. The van der Waals surface area contributed by atoms with E-state index in [0.29, 0.717) is 17.3 Å². The van der Waals surface area contributed by atoms with Gasteiger partial charge >= 0.3 is 6.03 Å². The fraction of sp³-hybridized carbons (Fsp3) is 0.0769. The van der Waals surface area contributed by atoms with E-state index in [1.807, 2.05) is 24.4 Å². The lowest BCUT2D eigenvalue weighted by molar-refractivity contribution is -0.113. The van der Waals surface area contributed by atoms with E-state index < -0.39 is 11.9 Å².